The summed E-state index contributed by atoms with van der Waals surface area (Å²) in [5.41, 5.74) is 1.26. The lowest BCUT2D eigenvalue weighted by Crippen LogP contribution is -2.43. The van der Waals surface area contributed by atoms with Gasteiger partial charge < -0.3 is 5.32 Å². The minimum Gasteiger partial charge on any atom is -0.316 e. The predicted molar refractivity (Wildman–Crippen MR) is 96.8 cm³/mol. The summed E-state index contributed by atoms with van der Waals surface area (Å²) in [5.74, 6) is 0.673. The van der Waals surface area contributed by atoms with Gasteiger partial charge in [-0.1, -0.05) is 25.0 Å². The topological polar surface area (TPSA) is 15.3 Å². The van der Waals surface area contributed by atoms with Crippen molar-refractivity contribution in [1.82, 2.24) is 10.2 Å². The van der Waals surface area contributed by atoms with E-state index < -0.39 is 0 Å². The first-order valence-electron chi connectivity index (χ1n) is 9.00. The number of rotatable bonds is 6. The largest absolute Gasteiger partial charge is 0.316 e. The third kappa shape index (κ3) is 5.74. The first-order chi connectivity index (χ1) is 10.8. The van der Waals surface area contributed by atoms with E-state index in [1.165, 1.54) is 63.7 Å². The van der Waals surface area contributed by atoms with Crippen LogP contribution in [0.4, 0.5) is 4.39 Å². The Hall–Kier alpha value is -0.640. The molecule has 23 heavy (non-hydrogen) atoms. The highest BCUT2D eigenvalue weighted by molar-refractivity contribution is 5.85. The molecule has 2 fully saturated rings. The molecular weight excluding hydrogens is 311 g/mol. The van der Waals surface area contributed by atoms with Crippen molar-refractivity contribution in [2.24, 2.45) is 5.92 Å². The molecule has 1 N–H and O–H groups in total. The third-order valence-electron chi connectivity index (χ3n) is 5.33. The summed E-state index contributed by atoms with van der Waals surface area (Å²) >= 11 is 0. The van der Waals surface area contributed by atoms with Crippen molar-refractivity contribution in [3.8, 4) is 0 Å². The number of nitrogens with zero attached hydrogens (tertiary/aromatic N) is 1. The van der Waals surface area contributed by atoms with E-state index in [4.69, 9.17) is 0 Å². The van der Waals surface area contributed by atoms with E-state index in [9.17, 15) is 4.39 Å². The summed E-state index contributed by atoms with van der Waals surface area (Å²) in [4.78, 5) is 2.73. The molecular formula is C19H30ClFN2. The minimum absolute atomic E-state index is 0. The molecule has 0 aromatic heterocycles. The number of hydrogen-bond donors (Lipinski definition) is 1. The van der Waals surface area contributed by atoms with E-state index in [0.29, 0.717) is 0 Å². The smallest absolute Gasteiger partial charge is 0.123 e. The molecule has 0 amide bonds. The zero-order valence-corrected chi connectivity index (χ0v) is 14.8. The van der Waals surface area contributed by atoms with E-state index in [0.717, 1.165) is 24.9 Å². The van der Waals surface area contributed by atoms with Gasteiger partial charge in [-0.05, 0) is 68.8 Å². The molecule has 1 aromatic carbocycles. The van der Waals surface area contributed by atoms with Gasteiger partial charge >= 0.3 is 0 Å². The lowest BCUT2D eigenvalue weighted by atomic mass is 9.97. The van der Waals surface area contributed by atoms with Crippen LogP contribution in [0.5, 0.6) is 0 Å². The van der Waals surface area contributed by atoms with Crippen LogP contribution in [0.25, 0.3) is 0 Å². The fourth-order valence-corrected chi connectivity index (χ4v) is 4.03. The summed E-state index contributed by atoms with van der Waals surface area (Å²) in [6, 6.07) is 7.82. The molecule has 1 aromatic rings. The fraction of sp³-hybridized carbons (Fsp3) is 0.684. The Morgan fingerprint density at radius 2 is 1.78 bits per heavy atom. The molecule has 1 aliphatic carbocycles. The summed E-state index contributed by atoms with van der Waals surface area (Å²) in [7, 11) is 0. The first kappa shape index (κ1) is 18.7. The Morgan fingerprint density at radius 1 is 1.04 bits per heavy atom. The van der Waals surface area contributed by atoms with Crippen LogP contribution in [0, 0.1) is 11.7 Å². The van der Waals surface area contributed by atoms with Gasteiger partial charge in [0.1, 0.15) is 5.82 Å². The monoisotopic (exact) mass is 340 g/mol. The number of piperidine rings is 1. The van der Waals surface area contributed by atoms with E-state index in [2.05, 4.69) is 10.2 Å². The highest BCUT2D eigenvalue weighted by atomic mass is 35.5. The molecule has 3 rings (SSSR count). The Labute approximate surface area is 146 Å². The zero-order valence-electron chi connectivity index (χ0n) is 14.0. The quantitative estimate of drug-likeness (QED) is 0.841. The maximum atomic E-state index is 13.0. The molecule has 1 saturated carbocycles. The van der Waals surface area contributed by atoms with Crippen molar-refractivity contribution < 1.29 is 4.39 Å². The van der Waals surface area contributed by atoms with E-state index >= 15 is 0 Å². The van der Waals surface area contributed by atoms with Crippen LogP contribution in [0.1, 0.15) is 44.1 Å². The number of nitrogens with one attached hydrogen (secondary N) is 1. The summed E-state index contributed by atoms with van der Waals surface area (Å²) in [5, 5.41) is 3.54. The maximum Gasteiger partial charge on any atom is 0.123 e. The van der Waals surface area contributed by atoms with Gasteiger partial charge in [-0.3, -0.25) is 4.90 Å². The second kappa shape index (κ2) is 9.61. The summed E-state index contributed by atoms with van der Waals surface area (Å²) < 4.78 is 13.0. The van der Waals surface area contributed by atoms with Crippen LogP contribution in [0.15, 0.2) is 24.3 Å². The molecule has 1 unspecified atom stereocenters. The molecule has 2 nitrogen and oxygen atoms in total. The van der Waals surface area contributed by atoms with Gasteiger partial charge in [-0.25, -0.2) is 4.39 Å². The average Bonchev–Trinajstić information content (AvgIpc) is 3.08. The van der Waals surface area contributed by atoms with E-state index in [1.807, 2.05) is 12.1 Å². The van der Waals surface area contributed by atoms with Gasteiger partial charge in [-0.2, -0.15) is 0 Å². The summed E-state index contributed by atoms with van der Waals surface area (Å²) in [6.07, 6.45) is 9.24. The molecule has 1 aliphatic heterocycles. The Kier molecular flexibility index (Phi) is 7.81. The van der Waals surface area contributed by atoms with Crippen molar-refractivity contribution in [1.29, 1.82) is 0 Å². The summed E-state index contributed by atoms with van der Waals surface area (Å²) in [6.45, 7) is 4.72. The van der Waals surface area contributed by atoms with Crippen molar-refractivity contribution in [2.45, 2.75) is 51.0 Å². The predicted octanol–water partition coefficient (Wildman–Crippen LogP) is 4.03. The number of hydrogen-bond acceptors (Lipinski definition) is 2. The van der Waals surface area contributed by atoms with Gasteiger partial charge in [0.05, 0.1) is 0 Å². The molecule has 0 radical (unpaired) electrons. The number of halogens is 2. The Bertz CT molecular complexity index is 439. The van der Waals surface area contributed by atoms with Crippen molar-refractivity contribution in [3.05, 3.63) is 35.6 Å². The van der Waals surface area contributed by atoms with E-state index in [1.54, 1.807) is 12.1 Å². The van der Waals surface area contributed by atoms with Crippen molar-refractivity contribution in [3.63, 3.8) is 0 Å². The van der Waals surface area contributed by atoms with Crippen LogP contribution in [-0.4, -0.2) is 37.1 Å². The van der Waals surface area contributed by atoms with Crippen molar-refractivity contribution in [2.75, 3.05) is 26.2 Å². The molecule has 4 heteroatoms. The Morgan fingerprint density at radius 3 is 2.43 bits per heavy atom. The minimum atomic E-state index is -0.135. The van der Waals surface area contributed by atoms with Gasteiger partial charge in [0.15, 0.2) is 0 Å². The Balaban J connectivity index is 0.00000192. The van der Waals surface area contributed by atoms with Gasteiger partial charge in [-0.15, -0.1) is 12.4 Å². The molecule has 130 valence electrons. The molecule has 2 aliphatic rings. The van der Waals surface area contributed by atoms with Gasteiger partial charge in [0, 0.05) is 19.1 Å². The first-order valence-corrected chi connectivity index (χ1v) is 9.00. The van der Waals surface area contributed by atoms with Crippen LogP contribution < -0.4 is 5.32 Å². The van der Waals surface area contributed by atoms with Gasteiger partial charge in [0.2, 0.25) is 0 Å². The second-order valence-electron chi connectivity index (χ2n) is 7.02. The average molecular weight is 341 g/mol. The lowest BCUT2D eigenvalue weighted by Gasteiger charge is -2.34. The second-order valence-corrected chi connectivity index (χ2v) is 7.02. The molecule has 0 spiro atoms. The molecule has 0 bridgehead atoms. The SMILES string of the molecule is Cl.Fc1ccc(CCN(CC2CCCNC2)C2CCCC2)cc1. The fourth-order valence-electron chi connectivity index (χ4n) is 4.03. The van der Waals surface area contributed by atoms with Crippen LogP contribution >= 0.6 is 12.4 Å². The zero-order chi connectivity index (χ0) is 15.2. The highest BCUT2D eigenvalue weighted by Gasteiger charge is 2.25. The normalized spacial score (nSPS) is 22.3. The van der Waals surface area contributed by atoms with Crippen LogP contribution in [0.3, 0.4) is 0 Å². The molecule has 1 saturated heterocycles. The molecule has 1 atom stereocenters. The van der Waals surface area contributed by atoms with Crippen LogP contribution in [-0.2, 0) is 6.42 Å². The van der Waals surface area contributed by atoms with Crippen molar-refractivity contribution >= 4 is 12.4 Å². The van der Waals surface area contributed by atoms with E-state index in [-0.39, 0.29) is 18.2 Å². The van der Waals surface area contributed by atoms with Gasteiger partial charge in [0.25, 0.3) is 0 Å². The lowest BCUT2D eigenvalue weighted by molar-refractivity contribution is 0.156. The highest BCUT2D eigenvalue weighted by Crippen LogP contribution is 2.25. The number of benzene rings is 1. The third-order valence-corrected chi connectivity index (χ3v) is 5.33. The maximum absolute atomic E-state index is 13.0. The molecule has 1 heterocycles. The van der Waals surface area contributed by atoms with Crippen LogP contribution in [0.2, 0.25) is 0 Å². The standard InChI is InChI=1S/C19H29FN2.ClH/c20-18-9-7-16(8-10-18)11-13-22(19-5-1-2-6-19)15-17-4-3-12-21-14-17;/h7-10,17,19,21H,1-6,11-15H2;1H.